The van der Waals surface area contributed by atoms with E-state index in [0.717, 1.165) is 11.3 Å². The number of amides is 1. The van der Waals surface area contributed by atoms with Gasteiger partial charge in [-0.1, -0.05) is 30.0 Å². The summed E-state index contributed by atoms with van der Waals surface area (Å²) >= 11 is 6.40. The number of ether oxygens (including phenoxy) is 2. The van der Waals surface area contributed by atoms with Gasteiger partial charge in [-0.05, 0) is 56.2 Å². The molecule has 1 aliphatic rings. The molecule has 1 saturated heterocycles. The Morgan fingerprint density at radius 2 is 1.87 bits per heavy atom. The zero-order valence-corrected chi connectivity index (χ0v) is 19.0. The monoisotopic (exact) mass is 458 g/mol. The highest BCUT2D eigenvalue weighted by molar-refractivity contribution is 8.26. The molecule has 0 atom stereocenters. The summed E-state index contributed by atoms with van der Waals surface area (Å²) in [5.74, 6) is 0.961. The van der Waals surface area contributed by atoms with E-state index < -0.39 is 4.92 Å². The molecule has 0 bridgehead atoms. The maximum atomic E-state index is 12.5. The Bertz CT molecular complexity index is 1070. The van der Waals surface area contributed by atoms with Crippen LogP contribution in [0.15, 0.2) is 41.3 Å². The number of benzene rings is 2. The molecular weight excluding hydrogens is 436 g/mol. The summed E-state index contributed by atoms with van der Waals surface area (Å²) < 4.78 is 12.0. The molecule has 2 aromatic carbocycles. The first-order valence-electron chi connectivity index (χ1n) is 9.66. The van der Waals surface area contributed by atoms with E-state index in [1.807, 2.05) is 39.0 Å². The molecule has 1 amide bonds. The van der Waals surface area contributed by atoms with Crippen molar-refractivity contribution < 1.29 is 19.2 Å². The molecule has 162 valence electrons. The lowest BCUT2D eigenvalue weighted by molar-refractivity contribution is -0.384. The topological polar surface area (TPSA) is 81.9 Å². The van der Waals surface area contributed by atoms with Gasteiger partial charge in [0, 0.05) is 24.2 Å². The van der Waals surface area contributed by atoms with Gasteiger partial charge in [-0.3, -0.25) is 19.8 Å². The van der Waals surface area contributed by atoms with Crippen molar-refractivity contribution >= 4 is 46.0 Å². The van der Waals surface area contributed by atoms with E-state index in [0.29, 0.717) is 33.7 Å². The van der Waals surface area contributed by atoms with Gasteiger partial charge in [0.05, 0.1) is 9.83 Å². The number of nitro benzene ring substituents is 1. The van der Waals surface area contributed by atoms with Gasteiger partial charge in [0.2, 0.25) is 0 Å². The Kier molecular flexibility index (Phi) is 7.29. The van der Waals surface area contributed by atoms with Crippen LogP contribution in [-0.2, 0) is 4.79 Å². The van der Waals surface area contributed by atoms with Crippen molar-refractivity contribution in [1.82, 2.24) is 4.90 Å². The third-order valence-electron chi connectivity index (χ3n) is 4.77. The summed E-state index contributed by atoms with van der Waals surface area (Å²) in [5.41, 5.74) is 2.68. The second-order valence-electron chi connectivity index (χ2n) is 6.85. The fourth-order valence-corrected chi connectivity index (χ4v) is 4.30. The van der Waals surface area contributed by atoms with Crippen molar-refractivity contribution in [2.45, 2.75) is 20.8 Å². The highest BCUT2D eigenvalue weighted by atomic mass is 32.2. The minimum Gasteiger partial charge on any atom is -0.490 e. The number of thiocarbonyl (C=S) groups is 1. The SMILES string of the molecule is CCN1C(=O)/C(=C/c2cc([N+](=O)[O-])ccc2OCCOc2ccc(C)c(C)c2)SC1=S. The molecule has 3 rings (SSSR count). The van der Waals surface area contributed by atoms with Crippen LogP contribution in [0, 0.1) is 24.0 Å². The van der Waals surface area contributed by atoms with Gasteiger partial charge in [-0.2, -0.15) is 0 Å². The van der Waals surface area contributed by atoms with Crippen LogP contribution in [0.3, 0.4) is 0 Å². The zero-order valence-electron chi connectivity index (χ0n) is 17.4. The summed E-state index contributed by atoms with van der Waals surface area (Å²) in [4.78, 5) is 25.1. The van der Waals surface area contributed by atoms with Crippen LogP contribution in [0.25, 0.3) is 6.08 Å². The van der Waals surface area contributed by atoms with Gasteiger partial charge in [0.1, 0.15) is 29.0 Å². The lowest BCUT2D eigenvalue weighted by Crippen LogP contribution is -2.27. The molecule has 0 spiro atoms. The zero-order chi connectivity index (χ0) is 22.5. The van der Waals surface area contributed by atoms with Crippen LogP contribution >= 0.6 is 24.0 Å². The summed E-state index contributed by atoms with van der Waals surface area (Å²) in [5, 5.41) is 11.2. The first-order chi connectivity index (χ1) is 14.8. The van der Waals surface area contributed by atoms with Crippen LogP contribution in [0.4, 0.5) is 5.69 Å². The minimum absolute atomic E-state index is 0.0871. The number of carbonyl (C=O) groups excluding carboxylic acids is 1. The van der Waals surface area contributed by atoms with Crippen LogP contribution in [-0.4, -0.2) is 39.8 Å². The van der Waals surface area contributed by atoms with E-state index >= 15 is 0 Å². The maximum absolute atomic E-state index is 12.5. The molecule has 0 unspecified atom stereocenters. The van der Waals surface area contributed by atoms with Crippen molar-refractivity contribution in [3.8, 4) is 11.5 Å². The number of nitrogens with zero attached hydrogens (tertiary/aromatic N) is 2. The Morgan fingerprint density at radius 3 is 2.52 bits per heavy atom. The average Bonchev–Trinajstić information content (AvgIpc) is 3.00. The molecular formula is C22H22N2O5S2. The Labute approximate surface area is 190 Å². The first kappa shape index (κ1) is 22.8. The van der Waals surface area contributed by atoms with Crippen molar-refractivity contribution in [2.24, 2.45) is 0 Å². The Morgan fingerprint density at radius 1 is 1.13 bits per heavy atom. The second kappa shape index (κ2) is 9.93. The molecule has 31 heavy (non-hydrogen) atoms. The van der Waals surface area contributed by atoms with Gasteiger partial charge in [-0.25, -0.2) is 0 Å². The van der Waals surface area contributed by atoms with Gasteiger partial charge in [-0.15, -0.1) is 0 Å². The van der Waals surface area contributed by atoms with Crippen molar-refractivity contribution in [2.75, 3.05) is 19.8 Å². The average molecular weight is 459 g/mol. The normalized spacial score (nSPS) is 14.9. The molecule has 0 aromatic heterocycles. The number of carbonyl (C=O) groups is 1. The standard InChI is InChI=1S/C22H22N2O5S2/c1-4-23-21(25)20(31-22(23)30)13-16-12-17(24(26)27)6-8-19(16)29-10-9-28-18-7-5-14(2)15(3)11-18/h5-8,11-13H,4,9-10H2,1-3H3/b20-13-. The quantitative estimate of drug-likeness (QED) is 0.183. The Balaban J connectivity index is 1.75. The van der Waals surface area contributed by atoms with Crippen LogP contribution in [0.2, 0.25) is 0 Å². The number of non-ortho nitro benzene ring substituents is 1. The predicted molar refractivity (Wildman–Crippen MR) is 126 cm³/mol. The van der Waals surface area contributed by atoms with E-state index in [1.54, 1.807) is 6.08 Å². The lowest BCUT2D eigenvalue weighted by atomic mass is 10.1. The summed E-state index contributed by atoms with van der Waals surface area (Å²) in [7, 11) is 0. The first-order valence-corrected chi connectivity index (χ1v) is 10.9. The van der Waals surface area contributed by atoms with E-state index in [4.69, 9.17) is 21.7 Å². The largest absolute Gasteiger partial charge is 0.490 e. The number of aryl methyl sites for hydroxylation is 2. The van der Waals surface area contributed by atoms with E-state index in [1.165, 1.54) is 40.4 Å². The number of rotatable bonds is 8. The van der Waals surface area contributed by atoms with Gasteiger partial charge in [0.15, 0.2) is 0 Å². The predicted octanol–water partition coefficient (Wildman–Crippen LogP) is 4.89. The summed E-state index contributed by atoms with van der Waals surface area (Å²) in [6.07, 6.45) is 1.58. The van der Waals surface area contributed by atoms with Crippen LogP contribution < -0.4 is 9.47 Å². The molecule has 2 aromatic rings. The van der Waals surface area contributed by atoms with Gasteiger partial charge >= 0.3 is 0 Å². The molecule has 7 nitrogen and oxygen atoms in total. The molecule has 9 heteroatoms. The molecule has 0 N–H and O–H groups in total. The van der Waals surface area contributed by atoms with Crippen molar-refractivity contribution in [3.63, 3.8) is 0 Å². The molecule has 1 heterocycles. The number of hydrogen-bond donors (Lipinski definition) is 0. The van der Waals surface area contributed by atoms with Gasteiger partial charge in [0.25, 0.3) is 11.6 Å². The maximum Gasteiger partial charge on any atom is 0.270 e. The fourth-order valence-electron chi connectivity index (χ4n) is 2.92. The highest BCUT2D eigenvalue weighted by Gasteiger charge is 2.31. The number of nitro groups is 1. The van der Waals surface area contributed by atoms with E-state index in [2.05, 4.69) is 0 Å². The molecule has 1 fully saturated rings. The Hall–Kier alpha value is -2.91. The smallest absolute Gasteiger partial charge is 0.270 e. The van der Waals surface area contributed by atoms with Gasteiger partial charge < -0.3 is 9.47 Å². The second-order valence-corrected chi connectivity index (χ2v) is 8.52. The molecule has 1 aliphatic heterocycles. The van der Waals surface area contributed by atoms with Crippen LogP contribution in [0.1, 0.15) is 23.6 Å². The minimum atomic E-state index is -0.485. The molecule has 0 aliphatic carbocycles. The molecule has 0 radical (unpaired) electrons. The van der Waals surface area contributed by atoms with Crippen molar-refractivity contribution in [1.29, 1.82) is 0 Å². The third-order valence-corrected chi connectivity index (χ3v) is 6.15. The van der Waals surface area contributed by atoms with E-state index in [-0.39, 0.29) is 18.2 Å². The number of hydrogen-bond acceptors (Lipinski definition) is 7. The summed E-state index contributed by atoms with van der Waals surface area (Å²) in [6, 6.07) is 10.1. The summed E-state index contributed by atoms with van der Waals surface area (Å²) in [6.45, 7) is 6.90. The van der Waals surface area contributed by atoms with Crippen LogP contribution in [0.5, 0.6) is 11.5 Å². The fraction of sp³-hybridized carbons (Fsp3) is 0.273. The third kappa shape index (κ3) is 5.42. The van der Waals surface area contributed by atoms with E-state index in [9.17, 15) is 14.9 Å². The number of thioether (sulfide) groups is 1. The van der Waals surface area contributed by atoms with Crippen molar-refractivity contribution in [3.05, 3.63) is 68.1 Å². The highest BCUT2D eigenvalue weighted by Crippen LogP contribution is 2.35. The lowest BCUT2D eigenvalue weighted by Gasteiger charge is -2.12. The number of likely N-dealkylation sites (N-methyl/N-ethyl adjacent to an activating group) is 1. The molecule has 0 saturated carbocycles.